The molecule has 0 aliphatic heterocycles. The van der Waals surface area contributed by atoms with Gasteiger partial charge in [0, 0.05) is 18.3 Å². The summed E-state index contributed by atoms with van der Waals surface area (Å²) in [7, 11) is 0. The molecule has 0 amide bonds. The van der Waals surface area contributed by atoms with Gasteiger partial charge in [-0.1, -0.05) is 49.4 Å². The third kappa shape index (κ3) is 1.66. The zero-order chi connectivity index (χ0) is 14.2. The Kier molecular flexibility index (Phi) is 3.22. The quantitative estimate of drug-likeness (QED) is 0.779. The number of rotatable bonds is 3. The van der Waals surface area contributed by atoms with E-state index in [9.17, 15) is 10.1 Å². The first-order chi connectivity index (χ1) is 9.74. The highest BCUT2D eigenvalue weighted by molar-refractivity contribution is 5.89. The topological polar surface area (TPSA) is 40.9 Å². The molecule has 3 aliphatic carbocycles. The van der Waals surface area contributed by atoms with Crippen molar-refractivity contribution in [1.82, 2.24) is 0 Å². The molecule has 0 saturated heterocycles. The van der Waals surface area contributed by atoms with Crippen LogP contribution >= 0.6 is 0 Å². The molecule has 3 aliphatic rings. The van der Waals surface area contributed by atoms with Gasteiger partial charge in [0.05, 0.1) is 6.07 Å². The molecule has 2 nitrogen and oxygen atoms in total. The zero-order valence-corrected chi connectivity index (χ0v) is 11.8. The molecule has 0 heterocycles. The maximum Gasteiger partial charge on any atom is 0.154 e. The Balaban J connectivity index is 2.17. The van der Waals surface area contributed by atoms with Crippen molar-refractivity contribution in [2.75, 3.05) is 0 Å². The Morgan fingerprint density at radius 3 is 2.60 bits per heavy atom. The van der Waals surface area contributed by atoms with E-state index in [1.807, 2.05) is 25.1 Å². The number of benzene rings is 1. The molecule has 4 rings (SSSR count). The molecule has 1 saturated carbocycles. The maximum absolute atomic E-state index is 12.6. The van der Waals surface area contributed by atoms with Crippen LogP contribution in [0.1, 0.15) is 37.7 Å². The van der Waals surface area contributed by atoms with Gasteiger partial charge in [-0.25, -0.2) is 0 Å². The molecule has 20 heavy (non-hydrogen) atoms. The zero-order valence-electron chi connectivity index (χ0n) is 11.8. The Morgan fingerprint density at radius 2 is 2.05 bits per heavy atom. The first-order valence-corrected chi connectivity index (χ1v) is 7.41. The molecule has 1 fully saturated rings. The van der Waals surface area contributed by atoms with Gasteiger partial charge in [-0.05, 0) is 24.3 Å². The molecule has 0 radical (unpaired) electrons. The number of fused-ring (bicyclic) bond motifs is 2. The number of Topliss-reactive ketones (excluding diaryl/α,β-unsaturated/α-hetero) is 1. The van der Waals surface area contributed by atoms with Crippen LogP contribution in [0.3, 0.4) is 0 Å². The van der Waals surface area contributed by atoms with E-state index in [1.54, 1.807) is 0 Å². The first-order valence-electron chi connectivity index (χ1n) is 7.41. The number of carbonyl (C=O) groups excluding carboxylic acids is 1. The van der Waals surface area contributed by atoms with E-state index in [2.05, 4.69) is 30.4 Å². The van der Waals surface area contributed by atoms with Crippen LogP contribution in [0.15, 0.2) is 42.5 Å². The average molecular weight is 265 g/mol. The van der Waals surface area contributed by atoms with Gasteiger partial charge in [0.25, 0.3) is 0 Å². The number of allylic oxidation sites excluding steroid dienone is 2. The Labute approximate surface area is 120 Å². The minimum atomic E-state index is -0.853. The number of nitriles is 1. The summed E-state index contributed by atoms with van der Waals surface area (Å²) in [5.41, 5.74) is 0.281. The van der Waals surface area contributed by atoms with Crippen molar-refractivity contribution in [3.05, 3.63) is 48.0 Å². The van der Waals surface area contributed by atoms with Crippen molar-refractivity contribution in [1.29, 1.82) is 5.26 Å². The Morgan fingerprint density at radius 1 is 1.30 bits per heavy atom. The van der Waals surface area contributed by atoms with Crippen LogP contribution in [-0.4, -0.2) is 5.78 Å². The fourth-order valence-electron chi connectivity index (χ4n) is 4.12. The second kappa shape index (κ2) is 4.90. The first kappa shape index (κ1) is 13.1. The van der Waals surface area contributed by atoms with E-state index < -0.39 is 5.41 Å². The standard InChI is InChI=1S/C18H19NO/c1-2-16(20)18(12-19)15-10-8-14(9-11-15)17(18)13-6-4-3-5-7-13/h3-8,10,14-15,17H,2,9,11H2,1H3/t14-,15+,17-,18+/m1/s1. The highest BCUT2D eigenvalue weighted by Crippen LogP contribution is 2.58. The van der Waals surface area contributed by atoms with Gasteiger partial charge >= 0.3 is 0 Å². The molecule has 2 heteroatoms. The molecule has 1 aromatic carbocycles. The average Bonchev–Trinajstić information content (AvgIpc) is 2.54. The highest BCUT2D eigenvalue weighted by atomic mass is 16.1. The molecule has 1 aromatic rings. The Bertz CT molecular complexity index is 583. The van der Waals surface area contributed by atoms with E-state index in [4.69, 9.17) is 0 Å². The third-order valence-corrected chi connectivity index (χ3v) is 5.03. The van der Waals surface area contributed by atoms with E-state index in [-0.39, 0.29) is 17.6 Å². The van der Waals surface area contributed by atoms with E-state index in [1.165, 1.54) is 0 Å². The molecule has 0 unspecified atom stereocenters. The highest BCUT2D eigenvalue weighted by Gasteiger charge is 2.57. The van der Waals surface area contributed by atoms with Gasteiger partial charge in [-0.2, -0.15) is 5.26 Å². The molecule has 2 bridgehead atoms. The van der Waals surface area contributed by atoms with E-state index in [0.717, 1.165) is 18.4 Å². The van der Waals surface area contributed by atoms with Gasteiger partial charge in [0.2, 0.25) is 0 Å². The number of hydrogen-bond acceptors (Lipinski definition) is 2. The fraction of sp³-hybridized carbons (Fsp3) is 0.444. The van der Waals surface area contributed by atoms with E-state index >= 15 is 0 Å². The van der Waals surface area contributed by atoms with Gasteiger partial charge < -0.3 is 0 Å². The van der Waals surface area contributed by atoms with E-state index in [0.29, 0.717) is 12.3 Å². The van der Waals surface area contributed by atoms with Crippen LogP contribution in [0, 0.1) is 28.6 Å². The van der Waals surface area contributed by atoms with Crippen molar-refractivity contribution in [3.63, 3.8) is 0 Å². The molecule has 0 N–H and O–H groups in total. The summed E-state index contributed by atoms with van der Waals surface area (Å²) in [4.78, 5) is 12.6. The summed E-state index contributed by atoms with van der Waals surface area (Å²) < 4.78 is 0. The minimum absolute atomic E-state index is 0.0184. The minimum Gasteiger partial charge on any atom is -0.298 e. The summed E-state index contributed by atoms with van der Waals surface area (Å²) in [6.45, 7) is 1.87. The predicted octanol–water partition coefficient (Wildman–Crippen LogP) is 3.86. The van der Waals surface area contributed by atoms with Crippen molar-refractivity contribution in [3.8, 4) is 6.07 Å². The monoisotopic (exact) mass is 265 g/mol. The lowest BCUT2D eigenvalue weighted by Crippen LogP contribution is -2.49. The largest absolute Gasteiger partial charge is 0.298 e. The van der Waals surface area contributed by atoms with Crippen molar-refractivity contribution >= 4 is 5.78 Å². The van der Waals surface area contributed by atoms with Gasteiger partial charge in [-0.15, -0.1) is 0 Å². The summed E-state index contributed by atoms with van der Waals surface area (Å²) in [5, 5.41) is 9.89. The van der Waals surface area contributed by atoms with Crippen LogP contribution < -0.4 is 0 Å². The fourth-order valence-corrected chi connectivity index (χ4v) is 4.12. The SMILES string of the molecule is CCC(=O)[C@@]1(C#N)[C@H](c2ccccc2)[C@@H]2C=C[C@H]1CC2. The van der Waals surface area contributed by atoms with Crippen LogP contribution in [0.2, 0.25) is 0 Å². The lowest BCUT2D eigenvalue weighted by Gasteiger charge is -2.49. The maximum atomic E-state index is 12.6. The molecular weight excluding hydrogens is 246 g/mol. The lowest BCUT2D eigenvalue weighted by molar-refractivity contribution is -0.131. The summed E-state index contributed by atoms with van der Waals surface area (Å²) in [6, 6.07) is 12.6. The lowest BCUT2D eigenvalue weighted by atomic mass is 9.50. The van der Waals surface area contributed by atoms with Crippen molar-refractivity contribution < 1.29 is 4.79 Å². The van der Waals surface area contributed by atoms with Gasteiger partial charge in [-0.3, -0.25) is 4.79 Å². The second-order valence-electron chi connectivity index (χ2n) is 5.88. The second-order valence-corrected chi connectivity index (χ2v) is 5.88. The normalized spacial score (nSPS) is 34.7. The van der Waals surface area contributed by atoms with Gasteiger partial charge in [0.15, 0.2) is 5.78 Å². The predicted molar refractivity (Wildman–Crippen MR) is 77.9 cm³/mol. The molecule has 0 aromatic heterocycles. The number of hydrogen-bond donors (Lipinski definition) is 0. The number of ketones is 1. The van der Waals surface area contributed by atoms with Gasteiger partial charge in [0.1, 0.15) is 5.41 Å². The van der Waals surface area contributed by atoms with Crippen LogP contribution in [0.4, 0.5) is 0 Å². The number of nitrogens with zero attached hydrogens (tertiary/aromatic N) is 1. The number of carbonyl (C=O) groups is 1. The van der Waals surface area contributed by atoms with Crippen LogP contribution in [0.5, 0.6) is 0 Å². The smallest absolute Gasteiger partial charge is 0.154 e. The Hall–Kier alpha value is -1.88. The summed E-state index contributed by atoms with van der Waals surface area (Å²) in [6.07, 6.45) is 6.83. The van der Waals surface area contributed by atoms with Crippen LogP contribution in [0.25, 0.3) is 0 Å². The third-order valence-electron chi connectivity index (χ3n) is 5.03. The summed E-state index contributed by atoms with van der Waals surface area (Å²) >= 11 is 0. The molecule has 4 atom stereocenters. The molecule has 0 spiro atoms. The molecular formula is C18H19NO. The van der Waals surface area contributed by atoms with Crippen molar-refractivity contribution in [2.45, 2.75) is 32.1 Å². The van der Waals surface area contributed by atoms with Crippen molar-refractivity contribution in [2.24, 2.45) is 17.3 Å². The summed E-state index contributed by atoms with van der Waals surface area (Å²) in [5.74, 6) is 0.519. The molecule has 102 valence electrons. The van der Waals surface area contributed by atoms with Crippen LogP contribution in [-0.2, 0) is 4.79 Å².